The van der Waals surface area contributed by atoms with Crippen LogP contribution in [0, 0.1) is 16.7 Å². The lowest BCUT2D eigenvalue weighted by Crippen LogP contribution is -2.43. The summed E-state index contributed by atoms with van der Waals surface area (Å²) in [5.74, 6) is 1.02. The Balaban J connectivity index is 2.21. The summed E-state index contributed by atoms with van der Waals surface area (Å²) in [6.07, 6.45) is 10.4. The first kappa shape index (κ1) is 9.55. The summed E-state index contributed by atoms with van der Waals surface area (Å²) in [5, 5.41) is 0. The molecule has 0 bridgehead atoms. The lowest BCUT2D eigenvalue weighted by atomic mass is 9.52. The maximum Gasteiger partial charge on any atom is -0.0292 e. The molecule has 0 saturated heterocycles. The van der Waals surface area contributed by atoms with E-state index in [0.29, 0.717) is 10.8 Å². The Labute approximate surface area is 83.1 Å². The van der Waals surface area contributed by atoms with E-state index >= 15 is 0 Å². The predicted octanol–water partition coefficient (Wildman–Crippen LogP) is 4.39. The second-order valence-corrected chi connectivity index (χ2v) is 6.29. The number of hydrogen-bond acceptors (Lipinski definition) is 0. The summed E-state index contributed by atoms with van der Waals surface area (Å²) in [5.41, 5.74) is 1.34. The van der Waals surface area contributed by atoms with E-state index in [1.165, 1.54) is 44.9 Å². The first-order valence-electron chi connectivity index (χ1n) is 6.05. The van der Waals surface area contributed by atoms with Crippen LogP contribution in [0.1, 0.15) is 65.7 Å². The van der Waals surface area contributed by atoms with Gasteiger partial charge in [0.05, 0.1) is 0 Å². The fourth-order valence-corrected chi connectivity index (χ4v) is 4.16. The van der Waals surface area contributed by atoms with Crippen LogP contribution in [0.15, 0.2) is 0 Å². The summed E-state index contributed by atoms with van der Waals surface area (Å²) in [4.78, 5) is 0. The molecule has 0 heterocycles. The molecular formula is C13H24. The Morgan fingerprint density at radius 2 is 1.54 bits per heavy atom. The Morgan fingerprint density at radius 1 is 0.846 bits per heavy atom. The van der Waals surface area contributed by atoms with Crippen molar-refractivity contribution in [1.82, 2.24) is 0 Å². The standard InChI is InChI=1S/C13H24/c1-12(2)8-6-10-13(3)9-5-4-7-11(12)13/h11H,4-10H2,1-3H3/t11-,13-/m0/s1. The molecule has 0 N–H and O–H groups in total. The molecule has 0 aliphatic heterocycles. The summed E-state index contributed by atoms with van der Waals surface area (Å²) >= 11 is 0. The zero-order valence-electron chi connectivity index (χ0n) is 9.53. The molecule has 2 atom stereocenters. The molecule has 2 saturated carbocycles. The van der Waals surface area contributed by atoms with E-state index in [0.717, 1.165) is 5.92 Å². The summed E-state index contributed by atoms with van der Waals surface area (Å²) < 4.78 is 0. The van der Waals surface area contributed by atoms with Crippen LogP contribution >= 0.6 is 0 Å². The predicted molar refractivity (Wildman–Crippen MR) is 57.7 cm³/mol. The first-order valence-corrected chi connectivity index (χ1v) is 6.05. The number of fused-ring (bicyclic) bond motifs is 1. The van der Waals surface area contributed by atoms with Crippen LogP contribution in [0.2, 0.25) is 0 Å². The summed E-state index contributed by atoms with van der Waals surface area (Å²) in [6, 6.07) is 0. The quantitative estimate of drug-likeness (QED) is 0.518. The Hall–Kier alpha value is 0. The van der Waals surface area contributed by atoms with E-state index in [9.17, 15) is 0 Å². The lowest BCUT2D eigenvalue weighted by molar-refractivity contribution is -0.0314. The van der Waals surface area contributed by atoms with Gasteiger partial charge in [0.1, 0.15) is 0 Å². The van der Waals surface area contributed by atoms with Crippen molar-refractivity contribution < 1.29 is 0 Å². The van der Waals surface area contributed by atoms with Crippen LogP contribution in [0.5, 0.6) is 0 Å². The molecule has 2 fully saturated rings. The fourth-order valence-electron chi connectivity index (χ4n) is 4.16. The van der Waals surface area contributed by atoms with Gasteiger partial charge in [-0.2, -0.15) is 0 Å². The Kier molecular flexibility index (Phi) is 2.20. The third-order valence-electron chi connectivity index (χ3n) is 4.84. The average Bonchev–Trinajstić information content (AvgIpc) is 2.02. The molecular weight excluding hydrogens is 156 g/mol. The van der Waals surface area contributed by atoms with Gasteiger partial charge in [-0.1, -0.05) is 40.0 Å². The molecule has 13 heavy (non-hydrogen) atoms. The molecule has 0 aromatic carbocycles. The SMILES string of the molecule is CC1(C)CCC[C@]2(C)CCCC[C@@H]12. The van der Waals surface area contributed by atoms with Gasteiger partial charge in [-0.3, -0.25) is 0 Å². The van der Waals surface area contributed by atoms with Gasteiger partial charge >= 0.3 is 0 Å². The molecule has 0 nitrogen and oxygen atoms in total. The highest BCUT2D eigenvalue weighted by molar-refractivity contribution is 4.97. The average molecular weight is 180 g/mol. The van der Waals surface area contributed by atoms with Crippen LogP contribution in [0.4, 0.5) is 0 Å². The van der Waals surface area contributed by atoms with Gasteiger partial charge in [0.15, 0.2) is 0 Å². The highest BCUT2D eigenvalue weighted by Crippen LogP contribution is 2.57. The molecule has 0 radical (unpaired) electrons. The molecule has 0 aromatic heterocycles. The maximum atomic E-state index is 2.55. The maximum absolute atomic E-state index is 2.55. The number of hydrogen-bond donors (Lipinski definition) is 0. The van der Waals surface area contributed by atoms with Crippen molar-refractivity contribution >= 4 is 0 Å². The molecule has 0 spiro atoms. The van der Waals surface area contributed by atoms with Crippen molar-refractivity contribution in [3.05, 3.63) is 0 Å². The van der Waals surface area contributed by atoms with E-state index in [-0.39, 0.29) is 0 Å². The van der Waals surface area contributed by atoms with Crippen molar-refractivity contribution in [3.8, 4) is 0 Å². The topological polar surface area (TPSA) is 0 Å². The minimum atomic E-state index is 0.632. The molecule has 2 aliphatic carbocycles. The third-order valence-corrected chi connectivity index (χ3v) is 4.84. The van der Waals surface area contributed by atoms with Gasteiger partial charge in [-0.25, -0.2) is 0 Å². The molecule has 0 unspecified atom stereocenters. The Bertz CT molecular complexity index is 188. The van der Waals surface area contributed by atoms with E-state index in [1.54, 1.807) is 0 Å². The normalized spacial score (nSPS) is 44.1. The largest absolute Gasteiger partial charge is 0.0596 e. The van der Waals surface area contributed by atoms with E-state index < -0.39 is 0 Å². The van der Waals surface area contributed by atoms with Crippen LogP contribution in [0.3, 0.4) is 0 Å². The van der Waals surface area contributed by atoms with E-state index in [1.807, 2.05) is 0 Å². The van der Waals surface area contributed by atoms with E-state index in [4.69, 9.17) is 0 Å². The lowest BCUT2D eigenvalue weighted by Gasteiger charge is -2.53. The summed E-state index contributed by atoms with van der Waals surface area (Å²) in [6.45, 7) is 7.55. The van der Waals surface area contributed by atoms with Crippen molar-refractivity contribution in [2.45, 2.75) is 65.7 Å². The molecule has 2 rings (SSSR count). The minimum Gasteiger partial charge on any atom is -0.0596 e. The third kappa shape index (κ3) is 1.53. The molecule has 2 aliphatic rings. The van der Waals surface area contributed by atoms with Crippen molar-refractivity contribution in [2.24, 2.45) is 16.7 Å². The van der Waals surface area contributed by atoms with E-state index in [2.05, 4.69) is 20.8 Å². The van der Waals surface area contributed by atoms with Gasteiger partial charge in [0, 0.05) is 0 Å². The van der Waals surface area contributed by atoms with Gasteiger partial charge < -0.3 is 0 Å². The first-order chi connectivity index (χ1) is 6.05. The van der Waals surface area contributed by atoms with Crippen molar-refractivity contribution in [1.29, 1.82) is 0 Å². The molecule has 0 heteroatoms. The second-order valence-electron chi connectivity index (χ2n) is 6.29. The van der Waals surface area contributed by atoms with Gasteiger partial charge in [-0.15, -0.1) is 0 Å². The second kappa shape index (κ2) is 3.00. The molecule has 0 amide bonds. The van der Waals surface area contributed by atoms with Crippen LogP contribution < -0.4 is 0 Å². The highest BCUT2D eigenvalue weighted by Gasteiger charge is 2.46. The van der Waals surface area contributed by atoms with Crippen LogP contribution in [-0.2, 0) is 0 Å². The van der Waals surface area contributed by atoms with Gasteiger partial charge in [-0.05, 0) is 42.4 Å². The van der Waals surface area contributed by atoms with Crippen LogP contribution in [0.25, 0.3) is 0 Å². The molecule has 76 valence electrons. The Morgan fingerprint density at radius 3 is 2.23 bits per heavy atom. The minimum absolute atomic E-state index is 0.632. The van der Waals surface area contributed by atoms with Gasteiger partial charge in [0.2, 0.25) is 0 Å². The highest BCUT2D eigenvalue weighted by atomic mass is 14.5. The smallest absolute Gasteiger partial charge is 0.0292 e. The molecule has 0 aromatic rings. The zero-order chi connectivity index (χ0) is 9.53. The monoisotopic (exact) mass is 180 g/mol. The summed E-state index contributed by atoms with van der Waals surface area (Å²) in [7, 11) is 0. The fraction of sp³-hybridized carbons (Fsp3) is 1.00. The zero-order valence-corrected chi connectivity index (χ0v) is 9.53. The van der Waals surface area contributed by atoms with Gasteiger partial charge in [0.25, 0.3) is 0 Å². The number of rotatable bonds is 0. The van der Waals surface area contributed by atoms with Crippen molar-refractivity contribution in [2.75, 3.05) is 0 Å². The van der Waals surface area contributed by atoms with Crippen molar-refractivity contribution in [3.63, 3.8) is 0 Å². The van der Waals surface area contributed by atoms with Crippen LogP contribution in [-0.4, -0.2) is 0 Å².